The molecule has 1 aromatic heterocycles. The predicted octanol–water partition coefficient (Wildman–Crippen LogP) is 0.463. The van der Waals surface area contributed by atoms with Crippen LogP contribution in [0, 0.1) is 6.92 Å². The lowest BCUT2D eigenvalue weighted by atomic mass is 10.1. The first-order valence-electron chi connectivity index (χ1n) is 3.68. The Hall–Kier alpha value is -1.29. The first-order valence-corrected chi connectivity index (χ1v) is 3.68. The number of aryl methyl sites for hydroxylation is 1. The topological polar surface area (TPSA) is 82.2 Å². The van der Waals surface area contributed by atoms with Gasteiger partial charge in [0.2, 0.25) is 5.91 Å². The molecule has 0 saturated carbocycles. The predicted molar refractivity (Wildman–Crippen MR) is 44.2 cm³/mol. The number of carbonyl (C=O) groups excluding carboxylic acids is 1. The van der Waals surface area contributed by atoms with E-state index in [4.69, 9.17) is 15.9 Å². The first kappa shape index (κ1) is 8.80. The van der Waals surface area contributed by atoms with Crippen molar-refractivity contribution in [2.24, 2.45) is 11.5 Å². The van der Waals surface area contributed by atoms with Crippen LogP contribution in [0.25, 0.3) is 0 Å². The van der Waals surface area contributed by atoms with Crippen molar-refractivity contribution in [3.8, 4) is 0 Å². The van der Waals surface area contributed by atoms with Crippen LogP contribution in [0.15, 0.2) is 16.7 Å². The summed E-state index contributed by atoms with van der Waals surface area (Å²) in [6.45, 7) is 1.89. The minimum absolute atomic E-state index is 0.118. The van der Waals surface area contributed by atoms with E-state index in [9.17, 15) is 4.79 Å². The second-order valence-electron chi connectivity index (χ2n) is 2.80. The summed E-state index contributed by atoms with van der Waals surface area (Å²) < 4.78 is 5.09. The van der Waals surface area contributed by atoms with Crippen LogP contribution in [0.5, 0.6) is 0 Å². The molecule has 0 radical (unpaired) electrons. The van der Waals surface area contributed by atoms with Crippen molar-refractivity contribution in [1.29, 1.82) is 0 Å². The van der Waals surface area contributed by atoms with E-state index in [1.807, 2.05) is 6.92 Å². The van der Waals surface area contributed by atoms with Gasteiger partial charge >= 0.3 is 0 Å². The van der Waals surface area contributed by atoms with Gasteiger partial charge in [-0.15, -0.1) is 0 Å². The highest BCUT2D eigenvalue weighted by atomic mass is 16.3. The van der Waals surface area contributed by atoms with Crippen molar-refractivity contribution in [3.05, 3.63) is 23.7 Å². The molecule has 1 aromatic rings. The lowest BCUT2D eigenvalue weighted by molar-refractivity contribution is -0.118. The molecule has 0 aliphatic heterocycles. The van der Waals surface area contributed by atoms with Gasteiger partial charge < -0.3 is 15.9 Å². The van der Waals surface area contributed by atoms with Crippen molar-refractivity contribution in [2.45, 2.75) is 19.4 Å². The van der Waals surface area contributed by atoms with Gasteiger partial charge in [-0.3, -0.25) is 4.79 Å². The molecule has 0 aliphatic carbocycles. The third kappa shape index (κ3) is 2.10. The molecule has 1 rings (SSSR count). The molecule has 0 aromatic carbocycles. The maximum absolute atomic E-state index is 10.5. The lowest BCUT2D eigenvalue weighted by Crippen LogP contribution is -2.20. The molecule has 0 bridgehead atoms. The number of rotatable bonds is 3. The van der Waals surface area contributed by atoms with Gasteiger partial charge in [-0.25, -0.2) is 0 Å². The molecule has 1 atom stereocenters. The van der Waals surface area contributed by atoms with E-state index in [2.05, 4.69) is 0 Å². The number of primary amides is 1. The SMILES string of the molecule is Cc1coc(C(N)CC(N)=O)c1. The Morgan fingerprint density at radius 1 is 1.75 bits per heavy atom. The number of furan rings is 1. The summed E-state index contributed by atoms with van der Waals surface area (Å²) in [5.41, 5.74) is 11.6. The van der Waals surface area contributed by atoms with Gasteiger partial charge in [0.25, 0.3) is 0 Å². The van der Waals surface area contributed by atoms with Gasteiger partial charge in [-0.05, 0) is 18.6 Å². The van der Waals surface area contributed by atoms with E-state index in [1.54, 1.807) is 12.3 Å². The van der Waals surface area contributed by atoms with Crippen molar-refractivity contribution in [3.63, 3.8) is 0 Å². The standard InChI is InChI=1S/C8H12N2O2/c1-5-2-7(12-4-5)6(9)3-8(10)11/h2,4,6H,3,9H2,1H3,(H2,10,11). The fourth-order valence-electron chi connectivity index (χ4n) is 0.965. The minimum Gasteiger partial charge on any atom is -0.467 e. The number of hydrogen-bond donors (Lipinski definition) is 2. The first-order chi connectivity index (χ1) is 5.59. The zero-order chi connectivity index (χ0) is 9.14. The Morgan fingerprint density at radius 2 is 2.42 bits per heavy atom. The van der Waals surface area contributed by atoms with Crippen LogP contribution in [0.3, 0.4) is 0 Å². The van der Waals surface area contributed by atoms with E-state index in [1.165, 1.54) is 0 Å². The molecular formula is C8H12N2O2. The smallest absolute Gasteiger partial charge is 0.219 e. The number of hydrogen-bond acceptors (Lipinski definition) is 3. The average molecular weight is 168 g/mol. The Bertz CT molecular complexity index is 280. The molecule has 4 N–H and O–H groups in total. The van der Waals surface area contributed by atoms with Gasteiger partial charge in [-0.2, -0.15) is 0 Å². The third-order valence-electron chi connectivity index (χ3n) is 1.54. The molecule has 1 heterocycles. The summed E-state index contributed by atoms with van der Waals surface area (Å²) in [6.07, 6.45) is 1.71. The minimum atomic E-state index is -0.420. The fraction of sp³-hybridized carbons (Fsp3) is 0.375. The van der Waals surface area contributed by atoms with E-state index >= 15 is 0 Å². The Morgan fingerprint density at radius 3 is 2.83 bits per heavy atom. The molecule has 66 valence electrons. The van der Waals surface area contributed by atoms with Crippen molar-refractivity contribution in [2.75, 3.05) is 0 Å². The summed E-state index contributed by atoms with van der Waals surface area (Å²) >= 11 is 0. The maximum Gasteiger partial charge on any atom is 0.219 e. The van der Waals surface area contributed by atoms with E-state index < -0.39 is 11.9 Å². The second kappa shape index (κ2) is 3.40. The molecule has 0 fully saturated rings. The van der Waals surface area contributed by atoms with Crippen LogP contribution in [-0.2, 0) is 4.79 Å². The summed E-state index contributed by atoms with van der Waals surface area (Å²) in [6, 6.07) is 1.38. The van der Waals surface area contributed by atoms with Crippen molar-refractivity contribution >= 4 is 5.91 Å². The van der Waals surface area contributed by atoms with Crippen LogP contribution in [0.1, 0.15) is 23.8 Å². The van der Waals surface area contributed by atoms with Gasteiger partial charge in [0, 0.05) is 6.42 Å². The molecule has 0 aliphatic rings. The normalized spacial score (nSPS) is 12.8. The fourth-order valence-corrected chi connectivity index (χ4v) is 0.965. The van der Waals surface area contributed by atoms with Gasteiger partial charge in [-0.1, -0.05) is 0 Å². The zero-order valence-corrected chi connectivity index (χ0v) is 6.91. The highest BCUT2D eigenvalue weighted by Crippen LogP contribution is 2.16. The molecule has 1 amide bonds. The summed E-state index contributed by atoms with van der Waals surface area (Å²) in [5.74, 6) is 0.183. The van der Waals surface area contributed by atoms with Crippen LogP contribution < -0.4 is 11.5 Å². The second-order valence-corrected chi connectivity index (χ2v) is 2.80. The van der Waals surface area contributed by atoms with E-state index in [0.29, 0.717) is 5.76 Å². The van der Waals surface area contributed by atoms with Crippen LogP contribution in [0.4, 0.5) is 0 Å². The highest BCUT2D eigenvalue weighted by Gasteiger charge is 2.12. The van der Waals surface area contributed by atoms with Gasteiger partial charge in [0.05, 0.1) is 12.3 Å². The molecular weight excluding hydrogens is 156 g/mol. The number of amides is 1. The summed E-state index contributed by atoms with van der Waals surface area (Å²) in [4.78, 5) is 10.5. The molecule has 12 heavy (non-hydrogen) atoms. The van der Waals surface area contributed by atoms with Gasteiger partial charge in [0.15, 0.2) is 0 Å². The number of nitrogens with two attached hydrogens (primary N) is 2. The van der Waals surface area contributed by atoms with Crippen LogP contribution in [-0.4, -0.2) is 5.91 Å². The quantitative estimate of drug-likeness (QED) is 0.688. The Labute approximate surface area is 70.5 Å². The van der Waals surface area contributed by atoms with Gasteiger partial charge in [0.1, 0.15) is 5.76 Å². The largest absolute Gasteiger partial charge is 0.467 e. The summed E-state index contributed by atoms with van der Waals surface area (Å²) in [7, 11) is 0. The molecule has 0 saturated heterocycles. The molecule has 1 unspecified atom stereocenters. The average Bonchev–Trinajstić information content (AvgIpc) is 2.34. The molecule has 0 spiro atoms. The van der Waals surface area contributed by atoms with Crippen LogP contribution >= 0.6 is 0 Å². The summed E-state index contributed by atoms with van der Waals surface area (Å²) in [5, 5.41) is 0. The lowest BCUT2D eigenvalue weighted by Gasteiger charge is -2.03. The Balaban J connectivity index is 2.64. The van der Waals surface area contributed by atoms with Crippen LogP contribution in [0.2, 0.25) is 0 Å². The molecule has 4 heteroatoms. The molecule has 4 nitrogen and oxygen atoms in total. The van der Waals surface area contributed by atoms with Crippen molar-refractivity contribution in [1.82, 2.24) is 0 Å². The zero-order valence-electron chi connectivity index (χ0n) is 6.91. The van der Waals surface area contributed by atoms with E-state index in [-0.39, 0.29) is 6.42 Å². The third-order valence-corrected chi connectivity index (χ3v) is 1.54. The van der Waals surface area contributed by atoms with E-state index in [0.717, 1.165) is 5.56 Å². The Kier molecular flexibility index (Phi) is 2.50. The monoisotopic (exact) mass is 168 g/mol. The van der Waals surface area contributed by atoms with Crippen molar-refractivity contribution < 1.29 is 9.21 Å². The maximum atomic E-state index is 10.5. The highest BCUT2D eigenvalue weighted by molar-refractivity contribution is 5.74. The number of carbonyl (C=O) groups is 1.